The fourth-order valence-electron chi connectivity index (χ4n) is 3.50. The van der Waals surface area contributed by atoms with Gasteiger partial charge in [0.1, 0.15) is 0 Å². The van der Waals surface area contributed by atoms with Crippen LogP contribution in [0.2, 0.25) is 0 Å². The van der Waals surface area contributed by atoms with Gasteiger partial charge in [-0.2, -0.15) is 0 Å². The number of hydrogen-bond acceptors (Lipinski definition) is 3. The van der Waals surface area contributed by atoms with E-state index in [2.05, 4.69) is 6.92 Å². The normalized spacial score (nSPS) is 10.8. The summed E-state index contributed by atoms with van der Waals surface area (Å²) in [7, 11) is 0. The standard InChI is InChI=1S/C24H40N2O2/c1-2-3-4-5-6-7-8-9-10-11-12-13-17-20-23(27)26(24(28)21-25)22-18-15-14-16-19-22/h14-16,18-19H,2-13,17,20-21,25H2,1H3. The molecule has 0 atom stereocenters. The number of para-hydroxylation sites is 1. The predicted molar refractivity (Wildman–Crippen MR) is 118 cm³/mol. The van der Waals surface area contributed by atoms with Crippen molar-refractivity contribution in [1.29, 1.82) is 0 Å². The molecule has 0 saturated carbocycles. The monoisotopic (exact) mass is 388 g/mol. The maximum atomic E-state index is 12.5. The van der Waals surface area contributed by atoms with Gasteiger partial charge >= 0.3 is 0 Å². The van der Waals surface area contributed by atoms with Crippen molar-refractivity contribution in [3.05, 3.63) is 30.3 Å². The van der Waals surface area contributed by atoms with Gasteiger partial charge in [-0.1, -0.05) is 102 Å². The molecule has 0 aliphatic rings. The molecular weight excluding hydrogens is 348 g/mol. The lowest BCUT2D eigenvalue weighted by Crippen LogP contribution is -2.40. The van der Waals surface area contributed by atoms with Crippen LogP contribution in [-0.2, 0) is 9.59 Å². The van der Waals surface area contributed by atoms with Gasteiger partial charge in [-0.25, -0.2) is 4.90 Å². The Morgan fingerprint density at radius 1 is 0.714 bits per heavy atom. The number of carbonyl (C=O) groups is 2. The van der Waals surface area contributed by atoms with Gasteiger partial charge in [0, 0.05) is 6.42 Å². The molecule has 1 aromatic carbocycles. The average Bonchev–Trinajstić information content (AvgIpc) is 2.72. The maximum absolute atomic E-state index is 12.5. The largest absolute Gasteiger partial charge is 0.322 e. The summed E-state index contributed by atoms with van der Waals surface area (Å²) in [6.45, 7) is 2.11. The van der Waals surface area contributed by atoms with Crippen LogP contribution in [0.1, 0.15) is 96.8 Å². The second-order valence-electron chi connectivity index (χ2n) is 7.66. The summed E-state index contributed by atoms with van der Waals surface area (Å²) in [5.41, 5.74) is 6.09. The molecule has 2 amide bonds. The van der Waals surface area contributed by atoms with Crippen LogP contribution in [0.15, 0.2) is 30.3 Å². The lowest BCUT2D eigenvalue weighted by atomic mass is 10.0. The number of benzene rings is 1. The molecule has 1 rings (SSSR count). The summed E-state index contributed by atoms with van der Waals surface area (Å²) < 4.78 is 0. The second kappa shape index (κ2) is 16.3. The summed E-state index contributed by atoms with van der Waals surface area (Å²) in [6, 6.07) is 9.06. The van der Waals surface area contributed by atoms with Gasteiger partial charge in [0.25, 0.3) is 0 Å². The molecule has 0 unspecified atom stereocenters. The number of amides is 2. The Labute approximate surface area is 171 Å². The van der Waals surface area contributed by atoms with Crippen molar-refractivity contribution in [2.45, 2.75) is 96.8 Å². The van der Waals surface area contributed by atoms with Crippen LogP contribution in [0.3, 0.4) is 0 Å². The Kier molecular flexibility index (Phi) is 14.2. The van der Waals surface area contributed by atoms with Crippen molar-refractivity contribution in [1.82, 2.24) is 0 Å². The van der Waals surface area contributed by atoms with Crippen LogP contribution >= 0.6 is 0 Å². The van der Waals surface area contributed by atoms with E-state index in [1.165, 1.54) is 75.5 Å². The zero-order chi connectivity index (χ0) is 20.5. The first-order valence-electron chi connectivity index (χ1n) is 11.3. The summed E-state index contributed by atoms with van der Waals surface area (Å²) in [4.78, 5) is 25.8. The van der Waals surface area contributed by atoms with Gasteiger partial charge in [0.15, 0.2) is 0 Å². The highest BCUT2D eigenvalue weighted by atomic mass is 16.2. The van der Waals surface area contributed by atoms with E-state index in [0.29, 0.717) is 12.1 Å². The lowest BCUT2D eigenvalue weighted by molar-refractivity contribution is -0.125. The molecule has 4 nitrogen and oxygen atoms in total. The SMILES string of the molecule is CCCCCCCCCCCCCCCC(=O)N(C(=O)CN)c1ccccc1. The molecule has 158 valence electrons. The van der Waals surface area contributed by atoms with Gasteiger partial charge in [-0.3, -0.25) is 9.59 Å². The smallest absolute Gasteiger partial charge is 0.247 e. The van der Waals surface area contributed by atoms with E-state index in [1.807, 2.05) is 18.2 Å². The molecule has 28 heavy (non-hydrogen) atoms. The maximum Gasteiger partial charge on any atom is 0.247 e. The van der Waals surface area contributed by atoms with Crippen LogP contribution in [0.4, 0.5) is 5.69 Å². The third kappa shape index (κ3) is 10.6. The van der Waals surface area contributed by atoms with Gasteiger partial charge in [-0.15, -0.1) is 0 Å². The van der Waals surface area contributed by atoms with Crippen LogP contribution in [0.5, 0.6) is 0 Å². The Hall–Kier alpha value is -1.68. The molecule has 2 N–H and O–H groups in total. The van der Waals surface area contributed by atoms with Crippen LogP contribution in [0.25, 0.3) is 0 Å². The quantitative estimate of drug-likeness (QED) is 0.354. The Bertz CT molecular complexity index is 531. The van der Waals surface area contributed by atoms with E-state index < -0.39 is 0 Å². The van der Waals surface area contributed by atoms with Crippen LogP contribution < -0.4 is 10.6 Å². The molecule has 0 fully saturated rings. The summed E-state index contributed by atoms with van der Waals surface area (Å²) >= 11 is 0. The molecule has 0 spiro atoms. The molecule has 0 heterocycles. The third-order valence-corrected chi connectivity index (χ3v) is 5.18. The van der Waals surface area contributed by atoms with E-state index in [0.717, 1.165) is 12.8 Å². The first-order chi connectivity index (χ1) is 13.7. The molecule has 0 radical (unpaired) electrons. The molecule has 0 aliphatic heterocycles. The zero-order valence-corrected chi connectivity index (χ0v) is 17.8. The van der Waals surface area contributed by atoms with Gasteiger partial charge in [0.05, 0.1) is 12.2 Å². The minimum Gasteiger partial charge on any atom is -0.322 e. The Morgan fingerprint density at radius 2 is 1.18 bits per heavy atom. The number of imide groups is 1. The molecule has 0 saturated heterocycles. The highest BCUT2D eigenvalue weighted by Crippen LogP contribution is 2.17. The molecule has 0 aliphatic carbocycles. The first-order valence-corrected chi connectivity index (χ1v) is 11.3. The summed E-state index contributed by atoms with van der Waals surface area (Å²) in [5, 5.41) is 0. The number of nitrogens with two attached hydrogens (primary N) is 1. The topological polar surface area (TPSA) is 63.4 Å². The van der Waals surface area contributed by atoms with E-state index >= 15 is 0 Å². The molecule has 4 heteroatoms. The summed E-state index contributed by atoms with van der Waals surface area (Å²) in [5.74, 6) is -0.490. The Balaban J connectivity index is 2.10. The molecule has 0 aromatic heterocycles. The van der Waals surface area contributed by atoms with Crippen molar-refractivity contribution in [3.8, 4) is 0 Å². The van der Waals surface area contributed by atoms with E-state index in [-0.39, 0.29) is 18.4 Å². The number of unbranched alkanes of at least 4 members (excludes halogenated alkanes) is 12. The molecular formula is C24H40N2O2. The third-order valence-electron chi connectivity index (χ3n) is 5.18. The second-order valence-corrected chi connectivity index (χ2v) is 7.66. The van der Waals surface area contributed by atoms with Gasteiger partial charge in [0.2, 0.25) is 11.8 Å². The van der Waals surface area contributed by atoms with Gasteiger partial charge in [-0.05, 0) is 18.6 Å². The molecule has 1 aromatic rings. The van der Waals surface area contributed by atoms with Crippen molar-refractivity contribution in [2.24, 2.45) is 5.73 Å². The van der Waals surface area contributed by atoms with Crippen LogP contribution in [0, 0.1) is 0 Å². The van der Waals surface area contributed by atoms with E-state index in [1.54, 1.807) is 12.1 Å². The summed E-state index contributed by atoms with van der Waals surface area (Å²) in [6.07, 6.45) is 16.9. The zero-order valence-electron chi connectivity index (χ0n) is 17.8. The highest BCUT2D eigenvalue weighted by molar-refractivity contribution is 6.15. The number of hydrogen-bond donors (Lipinski definition) is 1. The van der Waals surface area contributed by atoms with Crippen LogP contribution in [-0.4, -0.2) is 18.4 Å². The van der Waals surface area contributed by atoms with Crippen molar-refractivity contribution in [2.75, 3.05) is 11.4 Å². The van der Waals surface area contributed by atoms with Crippen molar-refractivity contribution in [3.63, 3.8) is 0 Å². The lowest BCUT2D eigenvalue weighted by Gasteiger charge is -2.20. The van der Waals surface area contributed by atoms with Crippen molar-refractivity contribution >= 4 is 17.5 Å². The number of anilines is 1. The minimum atomic E-state index is -0.342. The average molecular weight is 389 g/mol. The van der Waals surface area contributed by atoms with Crippen molar-refractivity contribution < 1.29 is 9.59 Å². The number of nitrogens with zero attached hydrogens (tertiary/aromatic N) is 1. The highest BCUT2D eigenvalue weighted by Gasteiger charge is 2.21. The molecule has 0 bridgehead atoms. The van der Waals surface area contributed by atoms with E-state index in [4.69, 9.17) is 5.73 Å². The number of rotatable bonds is 16. The first kappa shape index (κ1) is 24.4. The van der Waals surface area contributed by atoms with Gasteiger partial charge < -0.3 is 5.73 Å². The Morgan fingerprint density at radius 3 is 1.64 bits per heavy atom. The fraction of sp³-hybridized carbons (Fsp3) is 0.667. The minimum absolute atomic E-state index is 0.148. The van der Waals surface area contributed by atoms with E-state index in [9.17, 15) is 9.59 Å². The number of carbonyl (C=O) groups excluding carboxylic acids is 2. The predicted octanol–water partition coefficient (Wildman–Crippen LogP) is 5.99. The fourth-order valence-corrected chi connectivity index (χ4v) is 3.50.